The van der Waals surface area contributed by atoms with Crippen LogP contribution < -0.4 is 5.32 Å². The quantitative estimate of drug-likeness (QED) is 0.813. The minimum Gasteiger partial charge on any atom is -0.310 e. The van der Waals surface area contributed by atoms with Gasteiger partial charge >= 0.3 is 0 Å². The van der Waals surface area contributed by atoms with E-state index in [0.717, 1.165) is 10.6 Å². The Labute approximate surface area is 102 Å². The molecule has 1 aliphatic carbocycles. The van der Waals surface area contributed by atoms with E-state index in [9.17, 15) is 0 Å². The normalized spacial score (nSPS) is 18.0. The average Bonchev–Trinajstić information content (AvgIpc) is 2.34. The zero-order valence-electron chi connectivity index (χ0n) is 9.54. The van der Waals surface area contributed by atoms with Gasteiger partial charge in [-0.1, -0.05) is 23.3 Å². The third-order valence-electron chi connectivity index (χ3n) is 3.10. The Bertz CT molecular complexity index is 387. The number of allylic oxidation sites excluding steroid dienone is 1. The van der Waals surface area contributed by atoms with Crippen LogP contribution in [-0.4, -0.2) is 12.0 Å². The SMILES string of the molecule is CNC(C1=CCCCC1)c1ccncc1Cl. The summed E-state index contributed by atoms with van der Waals surface area (Å²) in [7, 11) is 1.98. The second-order valence-electron chi connectivity index (χ2n) is 4.14. The van der Waals surface area contributed by atoms with Gasteiger partial charge in [0.2, 0.25) is 0 Å². The van der Waals surface area contributed by atoms with E-state index in [1.807, 2.05) is 13.1 Å². The summed E-state index contributed by atoms with van der Waals surface area (Å²) in [5, 5.41) is 4.09. The van der Waals surface area contributed by atoms with Gasteiger partial charge in [0, 0.05) is 12.4 Å². The van der Waals surface area contributed by atoms with Crippen molar-refractivity contribution in [1.82, 2.24) is 10.3 Å². The number of nitrogens with zero attached hydrogens (tertiary/aromatic N) is 1. The van der Waals surface area contributed by atoms with Crippen molar-refractivity contribution in [3.05, 3.63) is 40.7 Å². The van der Waals surface area contributed by atoms with Crippen molar-refractivity contribution in [3.63, 3.8) is 0 Å². The fraction of sp³-hybridized carbons (Fsp3) is 0.462. The van der Waals surface area contributed by atoms with Gasteiger partial charge in [0.25, 0.3) is 0 Å². The number of hydrogen-bond acceptors (Lipinski definition) is 2. The molecule has 2 nitrogen and oxygen atoms in total. The van der Waals surface area contributed by atoms with Crippen LogP contribution in [0.15, 0.2) is 30.1 Å². The van der Waals surface area contributed by atoms with Crippen LogP contribution in [0.25, 0.3) is 0 Å². The molecule has 1 unspecified atom stereocenters. The molecular formula is C13H17ClN2. The van der Waals surface area contributed by atoms with E-state index >= 15 is 0 Å². The van der Waals surface area contributed by atoms with E-state index in [-0.39, 0.29) is 6.04 Å². The molecule has 86 valence electrons. The van der Waals surface area contributed by atoms with Crippen LogP contribution in [-0.2, 0) is 0 Å². The van der Waals surface area contributed by atoms with Crippen LogP contribution in [0.4, 0.5) is 0 Å². The molecule has 0 bridgehead atoms. The molecule has 3 heteroatoms. The number of likely N-dealkylation sites (N-methyl/N-ethyl adjacent to an activating group) is 1. The van der Waals surface area contributed by atoms with Crippen molar-refractivity contribution in [2.45, 2.75) is 31.7 Å². The molecule has 1 N–H and O–H groups in total. The summed E-state index contributed by atoms with van der Waals surface area (Å²) < 4.78 is 0. The van der Waals surface area contributed by atoms with Gasteiger partial charge in [-0.05, 0) is 44.4 Å². The topological polar surface area (TPSA) is 24.9 Å². The van der Waals surface area contributed by atoms with Crippen LogP contribution in [0.5, 0.6) is 0 Å². The van der Waals surface area contributed by atoms with E-state index in [1.54, 1.807) is 12.4 Å². The lowest BCUT2D eigenvalue weighted by Gasteiger charge is -2.23. The van der Waals surface area contributed by atoms with Gasteiger partial charge in [0.05, 0.1) is 11.1 Å². The molecule has 0 fully saturated rings. The molecule has 0 aromatic carbocycles. The summed E-state index contributed by atoms with van der Waals surface area (Å²) >= 11 is 6.19. The first kappa shape index (κ1) is 11.6. The van der Waals surface area contributed by atoms with Gasteiger partial charge < -0.3 is 5.32 Å². The lowest BCUT2D eigenvalue weighted by atomic mass is 9.90. The Kier molecular flexibility index (Phi) is 3.97. The molecule has 16 heavy (non-hydrogen) atoms. The molecule has 0 amide bonds. The Balaban J connectivity index is 2.28. The van der Waals surface area contributed by atoms with Crippen molar-refractivity contribution in [1.29, 1.82) is 0 Å². The predicted molar refractivity (Wildman–Crippen MR) is 67.6 cm³/mol. The van der Waals surface area contributed by atoms with Gasteiger partial charge in [0.15, 0.2) is 0 Å². The van der Waals surface area contributed by atoms with Crippen LogP contribution in [0.1, 0.15) is 37.3 Å². The Hall–Kier alpha value is -0.860. The first-order chi connectivity index (χ1) is 7.83. The number of hydrogen-bond donors (Lipinski definition) is 1. The van der Waals surface area contributed by atoms with Crippen LogP contribution >= 0.6 is 11.6 Å². The Morgan fingerprint density at radius 3 is 2.94 bits per heavy atom. The zero-order chi connectivity index (χ0) is 11.4. The largest absolute Gasteiger partial charge is 0.310 e. The van der Waals surface area contributed by atoms with Gasteiger partial charge in [-0.2, -0.15) is 0 Å². The zero-order valence-corrected chi connectivity index (χ0v) is 10.3. The number of rotatable bonds is 3. The first-order valence-electron chi connectivity index (χ1n) is 5.78. The van der Waals surface area contributed by atoms with Gasteiger partial charge in [0.1, 0.15) is 0 Å². The van der Waals surface area contributed by atoms with Crippen LogP contribution in [0.2, 0.25) is 5.02 Å². The maximum atomic E-state index is 6.19. The van der Waals surface area contributed by atoms with E-state index in [1.165, 1.54) is 31.3 Å². The average molecular weight is 237 g/mol. The first-order valence-corrected chi connectivity index (χ1v) is 6.16. The van der Waals surface area contributed by atoms with Crippen molar-refractivity contribution < 1.29 is 0 Å². The Morgan fingerprint density at radius 1 is 1.44 bits per heavy atom. The summed E-state index contributed by atoms with van der Waals surface area (Å²) in [6.07, 6.45) is 10.8. The van der Waals surface area contributed by atoms with Crippen LogP contribution in [0.3, 0.4) is 0 Å². The number of halogens is 1. The highest BCUT2D eigenvalue weighted by Crippen LogP contribution is 2.32. The predicted octanol–water partition coefficient (Wildman–Crippen LogP) is 3.50. The van der Waals surface area contributed by atoms with E-state index < -0.39 is 0 Å². The van der Waals surface area contributed by atoms with E-state index in [0.29, 0.717) is 0 Å². The molecule has 0 radical (unpaired) electrons. The lowest BCUT2D eigenvalue weighted by molar-refractivity contribution is 0.593. The second-order valence-corrected chi connectivity index (χ2v) is 4.55. The van der Waals surface area contributed by atoms with E-state index in [2.05, 4.69) is 16.4 Å². The van der Waals surface area contributed by atoms with Crippen molar-refractivity contribution in [2.24, 2.45) is 0 Å². The molecule has 1 atom stereocenters. The Morgan fingerprint density at radius 2 is 2.31 bits per heavy atom. The standard InChI is InChI=1S/C13H17ClN2/c1-15-13(10-5-3-2-4-6-10)11-7-8-16-9-12(11)14/h5,7-9,13,15H,2-4,6H2,1H3. The molecule has 1 aromatic heterocycles. The molecular weight excluding hydrogens is 220 g/mol. The third-order valence-corrected chi connectivity index (χ3v) is 3.42. The molecule has 0 aliphatic heterocycles. The maximum Gasteiger partial charge on any atom is 0.0640 e. The molecule has 1 aromatic rings. The smallest absolute Gasteiger partial charge is 0.0640 e. The second kappa shape index (κ2) is 5.46. The molecule has 0 spiro atoms. The monoisotopic (exact) mass is 236 g/mol. The number of nitrogens with one attached hydrogen (secondary N) is 1. The molecule has 1 heterocycles. The molecule has 0 saturated carbocycles. The maximum absolute atomic E-state index is 6.19. The van der Waals surface area contributed by atoms with Gasteiger partial charge in [-0.3, -0.25) is 4.98 Å². The summed E-state index contributed by atoms with van der Waals surface area (Å²) in [6, 6.07) is 2.25. The van der Waals surface area contributed by atoms with E-state index in [4.69, 9.17) is 11.6 Å². The summed E-state index contributed by atoms with van der Waals surface area (Å²) in [6.45, 7) is 0. The molecule has 2 rings (SSSR count). The summed E-state index contributed by atoms with van der Waals surface area (Å²) in [4.78, 5) is 4.03. The van der Waals surface area contributed by atoms with Crippen molar-refractivity contribution >= 4 is 11.6 Å². The summed E-state index contributed by atoms with van der Waals surface area (Å²) in [5.41, 5.74) is 2.59. The van der Waals surface area contributed by atoms with Gasteiger partial charge in [-0.15, -0.1) is 0 Å². The van der Waals surface area contributed by atoms with Crippen LogP contribution in [0, 0.1) is 0 Å². The lowest BCUT2D eigenvalue weighted by Crippen LogP contribution is -2.20. The van der Waals surface area contributed by atoms with Gasteiger partial charge in [-0.25, -0.2) is 0 Å². The van der Waals surface area contributed by atoms with Crippen molar-refractivity contribution in [2.75, 3.05) is 7.05 Å². The minimum absolute atomic E-state index is 0.246. The molecule has 1 aliphatic rings. The minimum atomic E-state index is 0.246. The third kappa shape index (κ3) is 2.45. The molecule has 0 saturated heterocycles. The van der Waals surface area contributed by atoms with Crippen molar-refractivity contribution in [3.8, 4) is 0 Å². The fourth-order valence-corrected chi connectivity index (χ4v) is 2.51. The number of aromatic nitrogens is 1. The highest BCUT2D eigenvalue weighted by Gasteiger charge is 2.18. The highest BCUT2D eigenvalue weighted by atomic mass is 35.5. The number of pyridine rings is 1. The highest BCUT2D eigenvalue weighted by molar-refractivity contribution is 6.31. The fourth-order valence-electron chi connectivity index (χ4n) is 2.29. The summed E-state index contributed by atoms with van der Waals surface area (Å²) in [5.74, 6) is 0.